The van der Waals surface area contributed by atoms with Crippen molar-refractivity contribution < 1.29 is 23.8 Å². The van der Waals surface area contributed by atoms with Crippen LogP contribution in [0.15, 0.2) is 12.1 Å². The van der Waals surface area contributed by atoms with E-state index in [0.29, 0.717) is 68.7 Å². The molecule has 6 aliphatic rings. The first-order valence-corrected chi connectivity index (χ1v) is 14.9. The average Bonchev–Trinajstić information content (AvgIpc) is 3.48. The molecule has 12 nitrogen and oxygen atoms in total. The van der Waals surface area contributed by atoms with Crippen molar-refractivity contribution in [1.29, 1.82) is 0 Å². The van der Waals surface area contributed by atoms with E-state index in [0.717, 1.165) is 57.6 Å². The van der Waals surface area contributed by atoms with Crippen molar-refractivity contribution in [2.75, 3.05) is 66.2 Å². The predicted octanol–water partition coefficient (Wildman–Crippen LogP) is 0.713. The van der Waals surface area contributed by atoms with Crippen LogP contribution < -0.4 is 21.1 Å². The molecule has 7 rings (SSSR count). The highest BCUT2D eigenvalue weighted by Crippen LogP contribution is 2.42. The Bertz CT molecular complexity index is 1130. The SMILES string of the molecule is CO[C@@]12CN(C(=O)c3cc(OCC4CCOCC4)nc(C4CC4)c3)C[C@H]1CN(C(=O)N1CCC3NNNC3C1)C2. The van der Waals surface area contributed by atoms with Crippen LogP contribution in [0.1, 0.15) is 54.1 Å². The summed E-state index contributed by atoms with van der Waals surface area (Å²) in [4.78, 5) is 37.8. The number of nitrogens with one attached hydrogen (secondary N) is 3. The van der Waals surface area contributed by atoms with Crippen LogP contribution >= 0.6 is 0 Å². The number of pyridine rings is 1. The first kappa shape index (κ1) is 26.4. The highest BCUT2D eigenvalue weighted by molar-refractivity contribution is 5.95. The van der Waals surface area contributed by atoms with Crippen LogP contribution in [0, 0.1) is 11.8 Å². The summed E-state index contributed by atoms with van der Waals surface area (Å²) < 4.78 is 17.7. The molecule has 1 aromatic rings. The van der Waals surface area contributed by atoms with Crippen molar-refractivity contribution in [2.24, 2.45) is 11.8 Å². The van der Waals surface area contributed by atoms with Crippen LogP contribution in [0.4, 0.5) is 4.79 Å². The van der Waals surface area contributed by atoms with Crippen LogP contribution in [0.2, 0.25) is 0 Å². The summed E-state index contributed by atoms with van der Waals surface area (Å²) in [6.07, 6.45) is 5.10. The minimum atomic E-state index is -0.549. The molecule has 0 radical (unpaired) electrons. The van der Waals surface area contributed by atoms with Gasteiger partial charge in [-0.15, -0.1) is 0 Å². The number of nitrogens with zero attached hydrogens (tertiary/aromatic N) is 4. The minimum absolute atomic E-state index is 0.0155. The van der Waals surface area contributed by atoms with Gasteiger partial charge in [0, 0.05) is 81.7 Å². The molecule has 4 atom stereocenters. The number of fused-ring (bicyclic) bond motifs is 2. The van der Waals surface area contributed by atoms with Crippen LogP contribution in [-0.2, 0) is 9.47 Å². The second kappa shape index (κ2) is 10.7. The van der Waals surface area contributed by atoms with E-state index in [9.17, 15) is 9.59 Å². The van der Waals surface area contributed by atoms with Gasteiger partial charge in [-0.05, 0) is 44.1 Å². The second-order valence-corrected chi connectivity index (χ2v) is 12.4. The lowest BCUT2D eigenvalue weighted by molar-refractivity contribution is -0.0108. The third-order valence-corrected chi connectivity index (χ3v) is 9.78. The Balaban J connectivity index is 1.01. The molecular formula is C28H41N7O5. The van der Waals surface area contributed by atoms with Gasteiger partial charge in [-0.1, -0.05) is 0 Å². The van der Waals surface area contributed by atoms with E-state index in [2.05, 4.69) is 16.4 Å². The van der Waals surface area contributed by atoms with Gasteiger partial charge in [0.05, 0.1) is 25.7 Å². The van der Waals surface area contributed by atoms with Crippen LogP contribution in [0.25, 0.3) is 0 Å². The number of amides is 3. The molecule has 5 aliphatic heterocycles. The van der Waals surface area contributed by atoms with Gasteiger partial charge in [-0.25, -0.2) is 20.6 Å². The smallest absolute Gasteiger partial charge is 0.320 e. The summed E-state index contributed by atoms with van der Waals surface area (Å²) in [6.45, 7) is 5.67. The van der Waals surface area contributed by atoms with Crippen LogP contribution in [-0.4, -0.2) is 116 Å². The number of aromatic nitrogens is 1. The molecule has 1 aliphatic carbocycles. The van der Waals surface area contributed by atoms with Crippen molar-refractivity contribution in [1.82, 2.24) is 36.1 Å². The summed E-state index contributed by atoms with van der Waals surface area (Å²) in [5, 5.41) is 0. The van der Waals surface area contributed by atoms with Crippen LogP contribution in [0.5, 0.6) is 5.88 Å². The number of hydrogen-bond acceptors (Lipinski definition) is 9. The summed E-state index contributed by atoms with van der Waals surface area (Å²) >= 11 is 0. The molecule has 0 bridgehead atoms. The molecule has 6 fully saturated rings. The normalized spacial score (nSPS) is 32.3. The molecule has 5 saturated heterocycles. The van der Waals surface area contributed by atoms with E-state index in [1.54, 1.807) is 13.2 Å². The quantitative estimate of drug-likeness (QED) is 0.466. The molecular weight excluding hydrogens is 514 g/mol. The number of carbonyl (C=O) groups excluding carboxylic acids is 2. The lowest BCUT2D eigenvalue weighted by Crippen LogP contribution is -2.56. The first-order chi connectivity index (χ1) is 19.5. The Morgan fingerprint density at radius 1 is 1.00 bits per heavy atom. The lowest BCUT2D eigenvalue weighted by atomic mass is 9.95. The number of hydrazine groups is 2. The third kappa shape index (κ3) is 5.04. The fourth-order valence-electron chi connectivity index (χ4n) is 7.08. The van der Waals surface area contributed by atoms with E-state index in [-0.39, 0.29) is 23.9 Å². The molecule has 12 heteroatoms. The first-order valence-electron chi connectivity index (χ1n) is 14.9. The third-order valence-electron chi connectivity index (χ3n) is 9.78. The zero-order valence-electron chi connectivity index (χ0n) is 23.3. The van der Waals surface area contributed by atoms with Gasteiger partial charge in [0.25, 0.3) is 5.91 Å². The van der Waals surface area contributed by atoms with Crippen molar-refractivity contribution in [3.63, 3.8) is 0 Å². The van der Waals surface area contributed by atoms with Gasteiger partial charge in [-0.2, -0.15) is 5.53 Å². The Labute approximate surface area is 235 Å². The Kier molecular flexibility index (Phi) is 7.07. The topological polar surface area (TPSA) is 121 Å². The van der Waals surface area contributed by atoms with Crippen molar-refractivity contribution in [3.8, 4) is 5.88 Å². The highest BCUT2D eigenvalue weighted by Gasteiger charge is 2.56. The van der Waals surface area contributed by atoms with Gasteiger partial charge >= 0.3 is 6.03 Å². The maximum absolute atomic E-state index is 13.8. The van der Waals surface area contributed by atoms with Gasteiger partial charge < -0.3 is 28.9 Å². The summed E-state index contributed by atoms with van der Waals surface area (Å²) in [5.41, 5.74) is 10.4. The van der Waals surface area contributed by atoms with Gasteiger partial charge in [0.15, 0.2) is 0 Å². The lowest BCUT2D eigenvalue weighted by Gasteiger charge is -2.36. The van der Waals surface area contributed by atoms with Gasteiger partial charge in [-0.3, -0.25) is 4.79 Å². The van der Waals surface area contributed by atoms with E-state index < -0.39 is 5.60 Å². The monoisotopic (exact) mass is 555 g/mol. The molecule has 0 aromatic carbocycles. The molecule has 3 amide bonds. The zero-order chi connectivity index (χ0) is 27.3. The highest BCUT2D eigenvalue weighted by atomic mass is 16.5. The summed E-state index contributed by atoms with van der Waals surface area (Å²) in [5.74, 6) is 1.47. The fourth-order valence-corrected chi connectivity index (χ4v) is 7.08. The molecule has 0 spiro atoms. The van der Waals surface area contributed by atoms with Crippen LogP contribution in [0.3, 0.4) is 0 Å². The molecule has 40 heavy (non-hydrogen) atoms. The number of piperidine rings is 1. The average molecular weight is 556 g/mol. The number of hydrogen-bond donors (Lipinski definition) is 3. The largest absolute Gasteiger partial charge is 0.477 e. The number of urea groups is 1. The van der Waals surface area contributed by atoms with E-state index in [4.69, 9.17) is 19.2 Å². The van der Waals surface area contributed by atoms with Gasteiger partial charge in [0.2, 0.25) is 5.88 Å². The Morgan fingerprint density at radius 3 is 2.55 bits per heavy atom. The Hall–Kier alpha value is -2.51. The minimum Gasteiger partial charge on any atom is -0.477 e. The zero-order valence-corrected chi connectivity index (χ0v) is 23.3. The molecule has 6 heterocycles. The standard InChI is InChI=1S/C28H41N7O5/c1-38-28-16-34(12-21(28)13-35(17-28)27(37)33-7-4-22-24(14-33)31-32-30-22)26(36)20-10-23(19-2-3-19)29-25(11-20)40-15-18-5-8-39-9-6-18/h10-11,18-19,21-22,24,30-32H,2-9,12-17H2,1H3/t21-,22?,24?,28+/m0/s1. The predicted molar refractivity (Wildman–Crippen MR) is 145 cm³/mol. The van der Waals surface area contributed by atoms with Gasteiger partial charge in [0.1, 0.15) is 5.60 Å². The molecule has 218 valence electrons. The number of likely N-dealkylation sites (tertiary alicyclic amines) is 3. The number of carbonyl (C=O) groups is 2. The maximum atomic E-state index is 13.8. The summed E-state index contributed by atoms with van der Waals surface area (Å²) in [7, 11) is 1.71. The maximum Gasteiger partial charge on any atom is 0.320 e. The Morgan fingerprint density at radius 2 is 1.77 bits per heavy atom. The van der Waals surface area contributed by atoms with E-state index in [1.807, 2.05) is 20.8 Å². The second-order valence-electron chi connectivity index (χ2n) is 12.4. The molecule has 1 aromatic heterocycles. The van der Waals surface area contributed by atoms with Crippen molar-refractivity contribution in [2.45, 2.75) is 55.7 Å². The molecule has 2 unspecified atom stereocenters. The molecule has 1 saturated carbocycles. The summed E-state index contributed by atoms with van der Waals surface area (Å²) in [6, 6.07) is 4.37. The van der Waals surface area contributed by atoms with Crippen molar-refractivity contribution >= 4 is 11.9 Å². The number of methoxy groups -OCH3 is 1. The fraction of sp³-hybridized carbons (Fsp3) is 0.750. The number of ether oxygens (including phenoxy) is 3. The van der Waals surface area contributed by atoms with Crippen molar-refractivity contribution in [3.05, 3.63) is 23.4 Å². The van der Waals surface area contributed by atoms with E-state index in [1.165, 1.54) is 0 Å². The van der Waals surface area contributed by atoms with E-state index >= 15 is 0 Å². The molecule has 3 N–H and O–H groups in total. The number of rotatable bonds is 6.